The third kappa shape index (κ3) is 6.35. The third-order valence-electron chi connectivity index (χ3n) is 4.01. The number of hydrogen-bond donors (Lipinski definition) is 3. The van der Waals surface area contributed by atoms with Crippen molar-refractivity contribution >= 4 is 23.9 Å². The molecule has 0 bridgehead atoms. The molecule has 1 rings (SSSR count). The minimum Gasteiger partial charge on any atom is -0.461 e. The SMILES string of the molecule is CCOC(=O)C1(OC(C)=O)CC(O)C(N)C([C@H](OC(C)=O)[C@@H](CO)OC(C)=O)O1. The molecule has 1 heterocycles. The van der Waals surface area contributed by atoms with Crippen LogP contribution >= 0.6 is 0 Å². The Morgan fingerprint density at radius 3 is 2.17 bits per heavy atom. The summed E-state index contributed by atoms with van der Waals surface area (Å²) in [6, 6.07) is -1.26. The van der Waals surface area contributed by atoms with Crippen LogP contribution in [0.4, 0.5) is 0 Å². The van der Waals surface area contributed by atoms with Crippen LogP contribution in [0.5, 0.6) is 0 Å². The predicted molar refractivity (Wildman–Crippen MR) is 92.8 cm³/mol. The largest absolute Gasteiger partial charge is 0.461 e. The summed E-state index contributed by atoms with van der Waals surface area (Å²) in [4.78, 5) is 47.0. The van der Waals surface area contributed by atoms with Crippen molar-refractivity contribution in [1.82, 2.24) is 0 Å². The lowest BCUT2D eigenvalue weighted by Crippen LogP contribution is -2.67. The molecule has 0 saturated carbocycles. The number of esters is 4. The average Bonchev–Trinajstić information content (AvgIpc) is 2.60. The highest BCUT2D eigenvalue weighted by Gasteiger charge is 2.58. The van der Waals surface area contributed by atoms with Gasteiger partial charge in [-0.25, -0.2) is 4.79 Å². The molecule has 0 amide bonds. The first kappa shape index (κ1) is 24.8. The maximum absolute atomic E-state index is 12.5. The second kappa shape index (κ2) is 10.5. The molecule has 12 nitrogen and oxygen atoms in total. The van der Waals surface area contributed by atoms with Crippen LogP contribution in [-0.2, 0) is 42.9 Å². The smallest absolute Gasteiger partial charge is 0.379 e. The summed E-state index contributed by atoms with van der Waals surface area (Å²) in [7, 11) is 0. The van der Waals surface area contributed by atoms with E-state index in [9.17, 15) is 29.4 Å². The summed E-state index contributed by atoms with van der Waals surface area (Å²) < 4.78 is 25.6. The van der Waals surface area contributed by atoms with E-state index in [1.54, 1.807) is 0 Å². The highest BCUT2D eigenvalue weighted by atomic mass is 16.8. The van der Waals surface area contributed by atoms with Gasteiger partial charge in [0.15, 0.2) is 12.2 Å². The molecule has 166 valence electrons. The summed E-state index contributed by atoms with van der Waals surface area (Å²) in [5.74, 6) is -6.05. The molecule has 29 heavy (non-hydrogen) atoms. The topological polar surface area (TPSA) is 181 Å². The molecule has 12 heteroatoms. The second-order valence-corrected chi connectivity index (χ2v) is 6.40. The second-order valence-electron chi connectivity index (χ2n) is 6.40. The van der Waals surface area contributed by atoms with E-state index in [-0.39, 0.29) is 6.61 Å². The first-order valence-corrected chi connectivity index (χ1v) is 8.91. The molecular weight excluding hydrogens is 394 g/mol. The van der Waals surface area contributed by atoms with E-state index in [0.29, 0.717) is 0 Å². The van der Waals surface area contributed by atoms with Crippen molar-refractivity contribution in [2.45, 2.75) is 70.4 Å². The Balaban J connectivity index is 3.40. The average molecular weight is 421 g/mol. The van der Waals surface area contributed by atoms with Gasteiger partial charge in [-0.15, -0.1) is 0 Å². The van der Waals surface area contributed by atoms with E-state index in [0.717, 1.165) is 20.8 Å². The lowest BCUT2D eigenvalue weighted by molar-refractivity contribution is -0.301. The Morgan fingerprint density at radius 1 is 1.14 bits per heavy atom. The number of hydrogen-bond acceptors (Lipinski definition) is 12. The molecule has 0 radical (unpaired) electrons. The van der Waals surface area contributed by atoms with Gasteiger partial charge in [-0.05, 0) is 6.92 Å². The van der Waals surface area contributed by atoms with E-state index in [4.69, 9.17) is 29.4 Å². The zero-order chi connectivity index (χ0) is 22.4. The van der Waals surface area contributed by atoms with E-state index in [2.05, 4.69) is 0 Å². The van der Waals surface area contributed by atoms with Gasteiger partial charge in [-0.2, -0.15) is 0 Å². The van der Waals surface area contributed by atoms with Gasteiger partial charge in [-0.3, -0.25) is 14.4 Å². The Morgan fingerprint density at radius 2 is 1.72 bits per heavy atom. The summed E-state index contributed by atoms with van der Waals surface area (Å²) in [6.45, 7) is 3.75. The highest BCUT2D eigenvalue weighted by Crippen LogP contribution is 2.34. The highest BCUT2D eigenvalue weighted by molar-refractivity contribution is 5.81. The lowest BCUT2D eigenvalue weighted by Gasteiger charge is -2.46. The van der Waals surface area contributed by atoms with Crippen LogP contribution in [0.3, 0.4) is 0 Å². The van der Waals surface area contributed by atoms with Crippen molar-refractivity contribution in [3.8, 4) is 0 Å². The molecule has 4 N–H and O–H groups in total. The maximum Gasteiger partial charge on any atom is 0.379 e. The molecule has 0 aromatic rings. The van der Waals surface area contributed by atoms with Gasteiger partial charge in [0.2, 0.25) is 0 Å². The number of rotatable bonds is 8. The number of ether oxygens (including phenoxy) is 5. The fraction of sp³-hybridized carbons (Fsp3) is 0.765. The van der Waals surface area contributed by atoms with Crippen molar-refractivity contribution < 1.29 is 53.1 Å². The van der Waals surface area contributed by atoms with E-state index >= 15 is 0 Å². The number of carbonyl (C=O) groups excluding carboxylic acids is 4. The number of aliphatic hydroxyl groups is 2. The fourth-order valence-electron chi connectivity index (χ4n) is 2.94. The molecule has 1 saturated heterocycles. The van der Waals surface area contributed by atoms with Crippen LogP contribution < -0.4 is 5.73 Å². The predicted octanol–water partition coefficient (Wildman–Crippen LogP) is -1.86. The Kier molecular flexibility index (Phi) is 8.95. The van der Waals surface area contributed by atoms with Crippen LogP contribution in [0.1, 0.15) is 34.1 Å². The molecule has 0 aliphatic carbocycles. The normalized spacial score (nSPS) is 28.6. The van der Waals surface area contributed by atoms with Gasteiger partial charge in [-0.1, -0.05) is 0 Å². The molecule has 6 atom stereocenters. The summed E-state index contributed by atoms with van der Waals surface area (Å²) in [5.41, 5.74) is 5.97. The van der Waals surface area contributed by atoms with Crippen LogP contribution in [0, 0.1) is 0 Å². The van der Waals surface area contributed by atoms with E-state index in [1.165, 1.54) is 6.92 Å². The van der Waals surface area contributed by atoms with Crippen LogP contribution in [0.15, 0.2) is 0 Å². The fourth-order valence-corrected chi connectivity index (χ4v) is 2.94. The van der Waals surface area contributed by atoms with Crippen molar-refractivity contribution in [1.29, 1.82) is 0 Å². The van der Waals surface area contributed by atoms with Crippen molar-refractivity contribution in [3.05, 3.63) is 0 Å². The van der Waals surface area contributed by atoms with Crippen molar-refractivity contribution in [3.63, 3.8) is 0 Å². The Labute approximate surface area is 167 Å². The van der Waals surface area contributed by atoms with E-state index in [1.807, 2.05) is 0 Å². The quantitative estimate of drug-likeness (QED) is 0.294. The molecule has 1 aliphatic rings. The molecule has 1 aliphatic heterocycles. The van der Waals surface area contributed by atoms with Crippen LogP contribution in [0.25, 0.3) is 0 Å². The zero-order valence-electron chi connectivity index (χ0n) is 16.7. The molecule has 0 aromatic heterocycles. The molecule has 0 spiro atoms. The first-order chi connectivity index (χ1) is 13.5. The van der Waals surface area contributed by atoms with Gasteiger partial charge in [0.25, 0.3) is 0 Å². The van der Waals surface area contributed by atoms with Gasteiger partial charge < -0.3 is 39.6 Å². The van der Waals surface area contributed by atoms with Crippen molar-refractivity contribution in [2.75, 3.05) is 13.2 Å². The molecule has 0 aromatic carbocycles. The first-order valence-electron chi connectivity index (χ1n) is 8.91. The minimum atomic E-state index is -2.38. The number of aliphatic hydroxyl groups excluding tert-OH is 2. The zero-order valence-corrected chi connectivity index (χ0v) is 16.7. The van der Waals surface area contributed by atoms with Gasteiger partial charge in [0.1, 0.15) is 6.10 Å². The van der Waals surface area contributed by atoms with Gasteiger partial charge >= 0.3 is 29.7 Å². The van der Waals surface area contributed by atoms with E-state index < -0.39 is 73.1 Å². The molecule has 4 unspecified atom stereocenters. The van der Waals surface area contributed by atoms with Crippen LogP contribution in [0.2, 0.25) is 0 Å². The standard InChI is InChI=1S/C17H27NO11/c1-5-25-16(24)17(28-10(4)22)6-11(23)13(18)15(29-17)14(27-9(3)21)12(7-19)26-8(2)20/h11-15,19,23H,5-7,18H2,1-4H3/t11?,12-,13?,14-,15?,17?/m1/s1. The number of nitrogens with two attached hydrogens (primary N) is 1. The maximum atomic E-state index is 12.5. The monoisotopic (exact) mass is 421 g/mol. The van der Waals surface area contributed by atoms with Crippen molar-refractivity contribution in [2.24, 2.45) is 5.73 Å². The summed E-state index contributed by atoms with van der Waals surface area (Å²) in [6.07, 6.45) is -6.49. The van der Waals surface area contributed by atoms with Gasteiger partial charge in [0, 0.05) is 20.8 Å². The van der Waals surface area contributed by atoms with Gasteiger partial charge in [0.05, 0.1) is 31.8 Å². The Bertz CT molecular complexity index is 625. The third-order valence-corrected chi connectivity index (χ3v) is 4.01. The molecular formula is C17H27NO11. The number of carbonyl (C=O) groups is 4. The minimum absolute atomic E-state index is 0.0852. The lowest BCUT2D eigenvalue weighted by atomic mass is 9.89. The summed E-state index contributed by atoms with van der Waals surface area (Å²) in [5, 5.41) is 20.0. The Hall–Kier alpha value is -2.28. The molecule has 1 fully saturated rings. The van der Waals surface area contributed by atoms with Crippen LogP contribution in [-0.4, -0.2) is 83.5 Å². The summed E-state index contributed by atoms with van der Waals surface area (Å²) >= 11 is 0.